The largest absolute Gasteiger partial charge is 0.479 e. The topological polar surface area (TPSA) is 89.3 Å². The minimum absolute atomic E-state index is 0.00634. The van der Waals surface area contributed by atoms with Crippen LogP contribution in [0.5, 0.6) is 0 Å². The maximum atomic E-state index is 10.7. The monoisotopic (exact) mass is 240 g/mol. The number of carboxylic acid groups (broad SMARTS) is 1. The van der Waals surface area contributed by atoms with Crippen molar-refractivity contribution in [1.29, 1.82) is 0 Å². The fourth-order valence-corrected chi connectivity index (χ4v) is 1.85. The quantitative estimate of drug-likeness (QED) is 0.652. The summed E-state index contributed by atoms with van der Waals surface area (Å²) < 4.78 is 7.10. The van der Waals surface area contributed by atoms with Crippen molar-refractivity contribution in [2.24, 2.45) is 0 Å². The van der Waals surface area contributed by atoms with Crippen molar-refractivity contribution in [2.45, 2.75) is 31.6 Å². The molecule has 0 amide bonds. The third kappa shape index (κ3) is 3.50. The molecule has 17 heavy (non-hydrogen) atoms. The Labute approximate surface area is 98.8 Å². The summed E-state index contributed by atoms with van der Waals surface area (Å²) in [6.45, 7) is 2.19. The summed E-state index contributed by atoms with van der Waals surface area (Å²) in [6.07, 6.45) is 4.22. The molecule has 2 atom stereocenters. The van der Waals surface area contributed by atoms with Gasteiger partial charge in [0.2, 0.25) is 0 Å². The SMILES string of the molecule is O=C(O)C1CCC(CNCCn2ccnn2)O1. The third-order valence-electron chi connectivity index (χ3n) is 2.74. The predicted molar refractivity (Wildman–Crippen MR) is 58.4 cm³/mol. The zero-order chi connectivity index (χ0) is 12.1. The Balaban J connectivity index is 1.59. The molecule has 2 unspecified atom stereocenters. The molecule has 2 N–H and O–H groups in total. The van der Waals surface area contributed by atoms with Crippen LogP contribution in [0.25, 0.3) is 0 Å². The molecular formula is C10H16N4O3. The second kappa shape index (κ2) is 5.74. The van der Waals surface area contributed by atoms with Gasteiger partial charge in [0.25, 0.3) is 0 Å². The number of hydrogen-bond acceptors (Lipinski definition) is 5. The summed E-state index contributed by atoms with van der Waals surface area (Å²) in [7, 11) is 0. The van der Waals surface area contributed by atoms with Gasteiger partial charge in [0.15, 0.2) is 6.10 Å². The van der Waals surface area contributed by atoms with E-state index in [2.05, 4.69) is 15.6 Å². The summed E-state index contributed by atoms with van der Waals surface area (Å²) in [4.78, 5) is 10.7. The van der Waals surface area contributed by atoms with Gasteiger partial charge in [-0.25, -0.2) is 4.79 Å². The molecule has 0 aliphatic carbocycles. The number of nitrogens with one attached hydrogen (secondary N) is 1. The number of hydrogen-bond donors (Lipinski definition) is 2. The van der Waals surface area contributed by atoms with Gasteiger partial charge in [-0.1, -0.05) is 5.21 Å². The second-order valence-corrected chi connectivity index (χ2v) is 4.03. The van der Waals surface area contributed by atoms with Gasteiger partial charge in [0.05, 0.1) is 18.8 Å². The van der Waals surface area contributed by atoms with E-state index in [-0.39, 0.29) is 6.10 Å². The average Bonchev–Trinajstić information content (AvgIpc) is 2.96. The van der Waals surface area contributed by atoms with E-state index in [9.17, 15) is 4.79 Å². The van der Waals surface area contributed by atoms with Crippen molar-refractivity contribution in [2.75, 3.05) is 13.1 Å². The van der Waals surface area contributed by atoms with Gasteiger partial charge in [-0.3, -0.25) is 4.68 Å². The van der Waals surface area contributed by atoms with E-state index in [4.69, 9.17) is 9.84 Å². The highest BCUT2D eigenvalue weighted by atomic mass is 16.5. The predicted octanol–water partition coefficient (Wildman–Crippen LogP) is -0.500. The highest BCUT2D eigenvalue weighted by molar-refractivity contribution is 5.72. The zero-order valence-corrected chi connectivity index (χ0v) is 9.45. The molecule has 1 aliphatic heterocycles. The Kier molecular flexibility index (Phi) is 4.05. The number of ether oxygens (including phenoxy) is 1. The minimum Gasteiger partial charge on any atom is -0.479 e. The molecular weight excluding hydrogens is 224 g/mol. The van der Waals surface area contributed by atoms with Crippen molar-refractivity contribution < 1.29 is 14.6 Å². The van der Waals surface area contributed by atoms with Crippen LogP contribution in [-0.4, -0.2) is 51.4 Å². The molecule has 1 aromatic heterocycles. The molecule has 0 aromatic carbocycles. The first-order chi connectivity index (χ1) is 8.25. The van der Waals surface area contributed by atoms with E-state index in [0.29, 0.717) is 13.0 Å². The Hall–Kier alpha value is -1.47. The lowest BCUT2D eigenvalue weighted by Crippen LogP contribution is -2.31. The molecule has 0 spiro atoms. The highest BCUT2D eigenvalue weighted by Gasteiger charge is 2.29. The molecule has 7 nitrogen and oxygen atoms in total. The van der Waals surface area contributed by atoms with Gasteiger partial charge in [-0.15, -0.1) is 5.10 Å². The standard InChI is InChI=1S/C10H16N4O3/c15-10(16)9-2-1-8(17-9)7-11-3-5-14-6-4-12-13-14/h4,6,8-9,11H,1-3,5,7H2,(H,15,16). The van der Waals surface area contributed by atoms with Gasteiger partial charge in [-0.05, 0) is 12.8 Å². The van der Waals surface area contributed by atoms with Crippen LogP contribution >= 0.6 is 0 Å². The Bertz CT molecular complexity index is 354. The van der Waals surface area contributed by atoms with E-state index in [1.165, 1.54) is 0 Å². The molecule has 2 heterocycles. The fraction of sp³-hybridized carbons (Fsp3) is 0.700. The van der Waals surface area contributed by atoms with Crippen LogP contribution in [-0.2, 0) is 16.1 Å². The second-order valence-electron chi connectivity index (χ2n) is 4.03. The van der Waals surface area contributed by atoms with Crippen LogP contribution in [0.3, 0.4) is 0 Å². The van der Waals surface area contributed by atoms with Gasteiger partial charge < -0.3 is 15.2 Å². The lowest BCUT2D eigenvalue weighted by molar-refractivity contribution is -0.149. The Morgan fingerprint density at radius 1 is 1.59 bits per heavy atom. The number of aromatic nitrogens is 3. The first kappa shape index (κ1) is 12.0. The van der Waals surface area contributed by atoms with Crippen LogP contribution in [0.4, 0.5) is 0 Å². The number of carbonyl (C=O) groups is 1. The number of aliphatic carboxylic acids is 1. The van der Waals surface area contributed by atoms with Gasteiger partial charge in [0.1, 0.15) is 0 Å². The van der Waals surface area contributed by atoms with Crippen molar-refractivity contribution >= 4 is 5.97 Å². The van der Waals surface area contributed by atoms with E-state index in [1.54, 1.807) is 17.1 Å². The molecule has 1 fully saturated rings. The van der Waals surface area contributed by atoms with Crippen LogP contribution in [0.15, 0.2) is 12.4 Å². The van der Waals surface area contributed by atoms with Crippen LogP contribution in [0.2, 0.25) is 0 Å². The minimum atomic E-state index is -0.866. The lowest BCUT2D eigenvalue weighted by atomic mass is 10.2. The van der Waals surface area contributed by atoms with E-state index < -0.39 is 12.1 Å². The number of rotatable bonds is 6. The maximum absolute atomic E-state index is 10.7. The third-order valence-corrected chi connectivity index (χ3v) is 2.74. The molecule has 0 saturated carbocycles. The van der Waals surface area contributed by atoms with Crippen LogP contribution in [0.1, 0.15) is 12.8 Å². The number of carboxylic acids is 1. The summed E-state index contributed by atoms with van der Waals surface area (Å²) in [5.74, 6) is -0.866. The van der Waals surface area contributed by atoms with Gasteiger partial charge in [-0.2, -0.15) is 0 Å². The highest BCUT2D eigenvalue weighted by Crippen LogP contribution is 2.18. The van der Waals surface area contributed by atoms with Crippen molar-refractivity contribution in [1.82, 2.24) is 20.3 Å². The molecule has 1 aromatic rings. The summed E-state index contributed by atoms with van der Waals surface area (Å²) in [6, 6.07) is 0. The van der Waals surface area contributed by atoms with E-state index in [1.807, 2.05) is 0 Å². The first-order valence-electron chi connectivity index (χ1n) is 5.69. The zero-order valence-electron chi connectivity index (χ0n) is 9.45. The van der Waals surface area contributed by atoms with Gasteiger partial charge >= 0.3 is 5.97 Å². The molecule has 1 aliphatic rings. The Morgan fingerprint density at radius 3 is 3.12 bits per heavy atom. The van der Waals surface area contributed by atoms with Crippen LogP contribution < -0.4 is 5.32 Å². The fourth-order valence-electron chi connectivity index (χ4n) is 1.85. The Morgan fingerprint density at radius 2 is 2.47 bits per heavy atom. The maximum Gasteiger partial charge on any atom is 0.332 e. The number of nitrogens with zero attached hydrogens (tertiary/aromatic N) is 3. The molecule has 7 heteroatoms. The summed E-state index contributed by atoms with van der Waals surface area (Å²) >= 11 is 0. The summed E-state index contributed by atoms with van der Waals surface area (Å²) in [5, 5.41) is 19.5. The molecule has 2 rings (SSSR count). The van der Waals surface area contributed by atoms with Crippen molar-refractivity contribution in [3.63, 3.8) is 0 Å². The first-order valence-corrected chi connectivity index (χ1v) is 5.69. The van der Waals surface area contributed by atoms with E-state index in [0.717, 1.165) is 19.5 Å². The lowest BCUT2D eigenvalue weighted by Gasteiger charge is -2.12. The smallest absolute Gasteiger partial charge is 0.332 e. The molecule has 0 radical (unpaired) electrons. The van der Waals surface area contributed by atoms with Gasteiger partial charge in [0, 0.05) is 19.3 Å². The normalized spacial score (nSPS) is 24.0. The summed E-state index contributed by atoms with van der Waals surface area (Å²) in [5.41, 5.74) is 0. The average molecular weight is 240 g/mol. The molecule has 1 saturated heterocycles. The van der Waals surface area contributed by atoms with E-state index >= 15 is 0 Å². The molecule has 0 bridgehead atoms. The van der Waals surface area contributed by atoms with Crippen LogP contribution in [0, 0.1) is 0 Å². The molecule has 94 valence electrons. The van der Waals surface area contributed by atoms with Crippen molar-refractivity contribution in [3.05, 3.63) is 12.4 Å². The van der Waals surface area contributed by atoms with Crippen molar-refractivity contribution in [3.8, 4) is 0 Å².